The summed E-state index contributed by atoms with van der Waals surface area (Å²) in [6, 6.07) is 9.91. The number of benzene rings is 2. The fourth-order valence-electron chi connectivity index (χ4n) is 2.85. The molecule has 3 rings (SSSR count). The van der Waals surface area contributed by atoms with Crippen LogP contribution in [0.15, 0.2) is 51.8 Å². The van der Waals surface area contributed by atoms with Gasteiger partial charge in [-0.05, 0) is 36.8 Å². The van der Waals surface area contributed by atoms with E-state index in [0.717, 1.165) is 6.07 Å². The van der Waals surface area contributed by atoms with Crippen LogP contribution in [0.2, 0.25) is 5.02 Å². The lowest BCUT2D eigenvalue weighted by atomic mass is 10.1. The molecule has 11 heteroatoms. The number of aromatic nitrogens is 1. The second kappa shape index (κ2) is 8.92. The molecule has 158 valence electrons. The number of oxazole rings is 1. The van der Waals surface area contributed by atoms with E-state index >= 15 is 0 Å². The van der Waals surface area contributed by atoms with Crippen molar-refractivity contribution >= 4 is 27.5 Å². The molecule has 3 aromatic rings. The summed E-state index contributed by atoms with van der Waals surface area (Å²) in [6.45, 7) is 0. The molecule has 1 amide bonds. The first kappa shape index (κ1) is 21.9. The van der Waals surface area contributed by atoms with Crippen LogP contribution in [0, 0.1) is 5.82 Å². The molecule has 2 aromatic carbocycles. The lowest BCUT2D eigenvalue weighted by molar-refractivity contribution is -0.129. The number of sulfonamides is 1. The maximum absolute atomic E-state index is 13.6. The van der Waals surface area contributed by atoms with Gasteiger partial charge in [0.05, 0.1) is 9.92 Å². The molecule has 0 bridgehead atoms. The summed E-state index contributed by atoms with van der Waals surface area (Å²) < 4.78 is 43.5. The lowest BCUT2D eigenvalue weighted by Gasteiger charge is -2.07. The largest absolute Gasteiger partial charge is 0.440 e. The summed E-state index contributed by atoms with van der Waals surface area (Å²) in [5.41, 5.74) is 2.37. The minimum Gasteiger partial charge on any atom is -0.440 e. The summed E-state index contributed by atoms with van der Waals surface area (Å²) in [4.78, 5) is 15.4. The standard InChI is InChI=1S/C19H17ClFN3O5S/c20-13-10-11(8-9-14(13)21)18-19(12-4-1-2-5-15(12)30(22,27)28)29-17(23-18)7-3-6-16(25)24-26/h1-2,4-5,8-10,26H,3,6-7H2,(H,24,25)(H2,22,27,28). The molecular weight excluding hydrogens is 437 g/mol. The zero-order chi connectivity index (χ0) is 21.9. The van der Waals surface area contributed by atoms with Gasteiger partial charge in [0, 0.05) is 24.0 Å². The van der Waals surface area contributed by atoms with Gasteiger partial charge >= 0.3 is 0 Å². The Morgan fingerprint density at radius 3 is 2.67 bits per heavy atom. The van der Waals surface area contributed by atoms with Crippen molar-refractivity contribution in [3.8, 4) is 22.6 Å². The number of rotatable bonds is 7. The zero-order valence-electron chi connectivity index (χ0n) is 15.4. The number of amides is 1. The molecule has 0 fully saturated rings. The molecule has 8 nitrogen and oxygen atoms in total. The summed E-state index contributed by atoms with van der Waals surface area (Å²) in [6.07, 6.45) is 0.569. The maximum atomic E-state index is 13.6. The molecule has 0 unspecified atom stereocenters. The lowest BCUT2D eigenvalue weighted by Crippen LogP contribution is -2.18. The van der Waals surface area contributed by atoms with Crippen molar-refractivity contribution in [1.82, 2.24) is 10.5 Å². The Morgan fingerprint density at radius 2 is 2.00 bits per heavy atom. The third-order valence-electron chi connectivity index (χ3n) is 4.22. The predicted octanol–water partition coefficient (Wildman–Crippen LogP) is 3.28. The van der Waals surface area contributed by atoms with Crippen LogP contribution in [0.3, 0.4) is 0 Å². The van der Waals surface area contributed by atoms with Crippen LogP contribution in [-0.2, 0) is 21.2 Å². The van der Waals surface area contributed by atoms with E-state index < -0.39 is 21.7 Å². The molecule has 0 atom stereocenters. The van der Waals surface area contributed by atoms with Crippen LogP contribution in [0.5, 0.6) is 0 Å². The molecule has 0 aliphatic heterocycles. The number of hydrogen-bond acceptors (Lipinski definition) is 6. The van der Waals surface area contributed by atoms with Gasteiger partial charge in [-0.2, -0.15) is 0 Å². The van der Waals surface area contributed by atoms with Crippen molar-refractivity contribution in [2.45, 2.75) is 24.2 Å². The number of halogens is 2. The number of nitrogens with one attached hydrogen (secondary N) is 1. The van der Waals surface area contributed by atoms with Crippen LogP contribution in [-0.4, -0.2) is 24.5 Å². The number of carbonyl (C=O) groups is 1. The second-order valence-corrected chi connectivity index (χ2v) is 8.28. The summed E-state index contributed by atoms with van der Waals surface area (Å²) in [5.74, 6) is -0.850. The molecule has 1 aromatic heterocycles. The summed E-state index contributed by atoms with van der Waals surface area (Å²) in [7, 11) is -4.07. The van der Waals surface area contributed by atoms with E-state index in [0.29, 0.717) is 12.0 Å². The Kier molecular flexibility index (Phi) is 6.52. The average molecular weight is 454 g/mol. The molecule has 0 spiro atoms. The fraction of sp³-hybridized carbons (Fsp3) is 0.158. The van der Waals surface area contributed by atoms with Crippen LogP contribution in [0.4, 0.5) is 4.39 Å². The molecule has 4 N–H and O–H groups in total. The highest BCUT2D eigenvalue weighted by atomic mass is 35.5. The van der Waals surface area contributed by atoms with Gasteiger partial charge in [-0.3, -0.25) is 10.0 Å². The highest BCUT2D eigenvalue weighted by Gasteiger charge is 2.23. The van der Waals surface area contributed by atoms with Crippen molar-refractivity contribution in [2.75, 3.05) is 0 Å². The molecule has 0 saturated carbocycles. The zero-order valence-corrected chi connectivity index (χ0v) is 17.0. The monoisotopic (exact) mass is 453 g/mol. The van der Waals surface area contributed by atoms with Gasteiger partial charge < -0.3 is 4.42 Å². The predicted molar refractivity (Wildman–Crippen MR) is 107 cm³/mol. The molecule has 0 saturated heterocycles. The minimum atomic E-state index is -4.07. The van der Waals surface area contributed by atoms with Crippen LogP contribution < -0.4 is 10.6 Å². The van der Waals surface area contributed by atoms with E-state index in [1.807, 2.05) is 0 Å². The number of aryl methyl sites for hydroxylation is 1. The first-order valence-electron chi connectivity index (χ1n) is 8.71. The van der Waals surface area contributed by atoms with Crippen LogP contribution in [0.25, 0.3) is 22.6 Å². The molecule has 0 radical (unpaired) electrons. The summed E-state index contributed by atoms with van der Waals surface area (Å²) in [5, 5.41) is 13.8. The number of nitrogens with zero attached hydrogens (tertiary/aromatic N) is 1. The van der Waals surface area contributed by atoms with Crippen LogP contribution >= 0.6 is 11.6 Å². The third-order valence-corrected chi connectivity index (χ3v) is 5.48. The van der Waals surface area contributed by atoms with Gasteiger partial charge in [-0.1, -0.05) is 23.7 Å². The van der Waals surface area contributed by atoms with E-state index in [9.17, 15) is 17.6 Å². The molecule has 1 heterocycles. The Balaban J connectivity index is 2.11. The van der Waals surface area contributed by atoms with Gasteiger partial charge in [0.15, 0.2) is 11.7 Å². The van der Waals surface area contributed by atoms with E-state index in [-0.39, 0.29) is 45.7 Å². The Morgan fingerprint density at radius 1 is 1.27 bits per heavy atom. The summed E-state index contributed by atoms with van der Waals surface area (Å²) >= 11 is 5.89. The van der Waals surface area contributed by atoms with Crippen molar-refractivity contribution in [2.24, 2.45) is 5.14 Å². The topological polar surface area (TPSA) is 136 Å². The van der Waals surface area contributed by atoms with Crippen molar-refractivity contribution in [3.63, 3.8) is 0 Å². The Labute approximate surface area is 176 Å². The quantitative estimate of drug-likeness (QED) is 0.371. The third kappa shape index (κ3) is 4.85. The van der Waals surface area contributed by atoms with Gasteiger partial charge in [0.25, 0.3) is 0 Å². The fourth-order valence-corrected chi connectivity index (χ4v) is 3.77. The smallest absolute Gasteiger partial charge is 0.243 e. The molecule has 0 aliphatic rings. The second-order valence-electron chi connectivity index (χ2n) is 6.34. The minimum absolute atomic E-state index is 0.0275. The van der Waals surface area contributed by atoms with Gasteiger partial charge in [-0.25, -0.2) is 28.4 Å². The normalized spacial score (nSPS) is 11.5. The SMILES string of the molecule is NS(=O)(=O)c1ccccc1-c1oc(CCCC(=O)NO)nc1-c1ccc(F)c(Cl)c1. The molecular formula is C19H17ClFN3O5S. The number of hydrogen-bond donors (Lipinski definition) is 3. The van der Waals surface area contributed by atoms with Gasteiger partial charge in [0.1, 0.15) is 11.5 Å². The highest BCUT2D eigenvalue weighted by Crippen LogP contribution is 2.37. The Hall–Kier alpha value is -2.79. The van der Waals surface area contributed by atoms with Crippen molar-refractivity contribution in [1.29, 1.82) is 0 Å². The van der Waals surface area contributed by atoms with E-state index in [1.54, 1.807) is 6.07 Å². The Bertz CT molecular complexity index is 1200. The highest BCUT2D eigenvalue weighted by molar-refractivity contribution is 7.89. The molecule has 0 aliphatic carbocycles. The van der Waals surface area contributed by atoms with Gasteiger partial charge in [0.2, 0.25) is 15.9 Å². The van der Waals surface area contributed by atoms with E-state index in [2.05, 4.69) is 4.98 Å². The first-order chi connectivity index (χ1) is 14.2. The number of hydroxylamine groups is 1. The average Bonchev–Trinajstić information content (AvgIpc) is 3.13. The first-order valence-corrected chi connectivity index (χ1v) is 10.6. The number of carbonyl (C=O) groups excluding carboxylic acids is 1. The van der Waals surface area contributed by atoms with Crippen LogP contribution in [0.1, 0.15) is 18.7 Å². The van der Waals surface area contributed by atoms with E-state index in [1.165, 1.54) is 35.8 Å². The van der Waals surface area contributed by atoms with Crippen molar-refractivity contribution in [3.05, 3.63) is 59.2 Å². The van der Waals surface area contributed by atoms with E-state index in [4.69, 9.17) is 26.4 Å². The number of primary sulfonamides is 1. The number of nitrogens with two attached hydrogens (primary N) is 1. The molecule has 30 heavy (non-hydrogen) atoms. The van der Waals surface area contributed by atoms with Crippen molar-refractivity contribution < 1.29 is 27.2 Å². The maximum Gasteiger partial charge on any atom is 0.243 e. The van der Waals surface area contributed by atoms with Gasteiger partial charge in [-0.15, -0.1) is 0 Å².